The van der Waals surface area contributed by atoms with E-state index in [-0.39, 0.29) is 16.9 Å². The van der Waals surface area contributed by atoms with Crippen LogP contribution in [0.3, 0.4) is 0 Å². The van der Waals surface area contributed by atoms with Gasteiger partial charge in [0.05, 0.1) is 5.66 Å². The van der Waals surface area contributed by atoms with Gasteiger partial charge >= 0.3 is 0 Å². The molecule has 0 saturated heterocycles. The van der Waals surface area contributed by atoms with Gasteiger partial charge < -0.3 is 0 Å². The van der Waals surface area contributed by atoms with E-state index in [2.05, 4.69) is 32.9 Å². The molecule has 1 nitrogen and oxygen atoms in total. The zero-order valence-electron chi connectivity index (χ0n) is 8.82. The van der Waals surface area contributed by atoms with Crippen molar-refractivity contribution in [2.24, 2.45) is 11.3 Å². The summed E-state index contributed by atoms with van der Waals surface area (Å²) in [4.78, 5) is 11.6. The molecule has 0 radical (unpaired) electrons. The summed E-state index contributed by atoms with van der Waals surface area (Å²) in [6.07, 6.45) is 8.02. The second kappa shape index (κ2) is 3.17. The molecular weight excluding hydrogens is 191 g/mol. The van der Waals surface area contributed by atoms with Crippen molar-refractivity contribution < 1.29 is 4.79 Å². The summed E-state index contributed by atoms with van der Waals surface area (Å²) in [5, 5.41) is 1.46. The van der Waals surface area contributed by atoms with Gasteiger partial charge in [-0.15, -0.1) is 0 Å². The molecule has 0 N–H and O–H groups in total. The number of rotatable bonds is 0. The van der Waals surface area contributed by atoms with Crippen molar-refractivity contribution in [2.75, 3.05) is 0 Å². The molecule has 2 atom stereocenters. The van der Waals surface area contributed by atoms with Crippen molar-refractivity contribution in [3.8, 4) is 0 Å². The largest absolute Gasteiger partial charge is 0.293 e. The van der Waals surface area contributed by atoms with Crippen LogP contribution in [0.4, 0.5) is 0 Å². The monoisotopic (exact) mass is 206 g/mol. The van der Waals surface area contributed by atoms with Crippen molar-refractivity contribution in [3.63, 3.8) is 0 Å². The van der Waals surface area contributed by atoms with Crippen LogP contribution < -0.4 is 0 Å². The Bertz CT molecular complexity index is 355. The maximum absolute atomic E-state index is 11.6. The Kier molecular flexibility index (Phi) is 2.23. The van der Waals surface area contributed by atoms with E-state index in [4.69, 9.17) is 0 Å². The van der Waals surface area contributed by atoms with Gasteiger partial charge in [0.1, 0.15) is 0 Å². The minimum atomic E-state index is 0.0826. The molecule has 2 bridgehead atoms. The van der Waals surface area contributed by atoms with Crippen LogP contribution >= 0.6 is 8.20 Å². The molecule has 74 valence electrons. The molecule has 0 unspecified atom stereocenters. The number of carbonyl (C=O) groups excluding carboxylic acids is 1. The number of hydrogen-bond donors (Lipinski definition) is 0. The standard InChI is InChI=1S/C12H15OP/c1-12(2,3)11-8-4-6-9(13)10(14-11)7-5-8/h4-8,10H,1-3H3/t8-,10-/m1/s1. The molecule has 0 spiro atoms. The van der Waals surface area contributed by atoms with E-state index in [1.807, 2.05) is 6.08 Å². The van der Waals surface area contributed by atoms with Crippen LogP contribution in [0.5, 0.6) is 0 Å². The van der Waals surface area contributed by atoms with Crippen LogP contribution in [0, 0.1) is 11.3 Å². The molecule has 0 saturated carbocycles. The highest BCUT2D eigenvalue weighted by Gasteiger charge is 2.30. The molecule has 2 heterocycles. The second-order valence-corrected chi connectivity index (χ2v) is 6.18. The highest BCUT2D eigenvalue weighted by atomic mass is 31.1. The Morgan fingerprint density at radius 3 is 2.57 bits per heavy atom. The fourth-order valence-electron chi connectivity index (χ4n) is 1.90. The van der Waals surface area contributed by atoms with Crippen molar-refractivity contribution in [2.45, 2.75) is 26.4 Å². The van der Waals surface area contributed by atoms with E-state index in [0.717, 1.165) is 0 Å². The Hall–Kier alpha value is -0.680. The number of allylic oxidation sites excluding steroid dienone is 4. The van der Waals surface area contributed by atoms with Crippen molar-refractivity contribution >= 4 is 19.3 Å². The molecule has 0 fully saturated rings. The van der Waals surface area contributed by atoms with Crippen molar-refractivity contribution in [3.05, 3.63) is 24.3 Å². The molecule has 0 aromatic rings. The summed E-state index contributed by atoms with van der Waals surface area (Å²) in [7, 11) is 1.21. The summed E-state index contributed by atoms with van der Waals surface area (Å²) in [6.45, 7) is 6.67. The SMILES string of the molecule is CC(C)(C)C1=P[C@@H]2C=C[C@H]1C=CC2=O. The molecule has 1 aliphatic carbocycles. The van der Waals surface area contributed by atoms with Gasteiger partial charge in [0.2, 0.25) is 0 Å². The summed E-state index contributed by atoms with van der Waals surface area (Å²) in [5.41, 5.74) is 0.281. The first-order valence-electron chi connectivity index (χ1n) is 4.97. The van der Waals surface area contributed by atoms with E-state index in [9.17, 15) is 4.79 Å². The Balaban J connectivity index is 2.44. The first-order chi connectivity index (χ1) is 6.48. The van der Waals surface area contributed by atoms with Crippen molar-refractivity contribution in [1.82, 2.24) is 0 Å². The van der Waals surface area contributed by atoms with E-state index in [0.29, 0.717) is 5.92 Å². The van der Waals surface area contributed by atoms with Crippen LogP contribution in [0.25, 0.3) is 0 Å². The highest BCUT2D eigenvalue weighted by Crippen LogP contribution is 2.36. The van der Waals surface area contributed by atoms with E-state index in [1.54, 1.807) is 6.08 Å². The lowest BCUT2D eigenvalue weighted by molar-refractivity contribution is -0.113. The molecule has 2 heteroatoms. The third-order valence-corrected chi connectivity index (χ3v) is 4.57. The lowest BCUT2D eigenvalue weighted by Gasteiger charge is -2.28. The first kappa shape index (κ1) is 9.86. The lowest BCUT2D eigenvalue weighted by atomic mass is 9.84. The summed E-state index contributed by atoms with van der Waals surface area (Å²) < 4.78 is 0. The van der Waals surface area contributed by atoms with Crippen LogP contribution in [-0.2, 0) is 4.79 Å². The maximum Gasteiger partial charge on any atom is 0.170 e. The molecule has 2 aliphatic heterocycles. The van der Waals surface area contributed by atoms with E-state index in [1.165, 1.54) is 13.5 Å². The lowest BCUT2D eigenvalue weighted by Crippen LogP contribution is -2.27. The van der Waals surface area contributed by atoms with Gasteiger partial charge in [-0.05, 0) is 16.8 Å². The molecule has 0 aromatic carbocycles. The Morgan fingerprint density at radius 2 is 1.93 bits per heavy atom. The van der Waals surface area contributed by atoms with Crippen LogP contribution in [0.15, 0.2) is 24.3 Å². The number of carbonyl (C=O) groups is 1. The number of ketones is 1. The maximum atomic E-state index is 11.6. The normalized spacial score (nSPS) is 31.6. The molecule has 0 amide bonds. The average Bonchev–Trinajstić information content (AvgIpc) is 2.36. The number of hydrogen-bond acceptors (Lipinski definition) is 1. The third kappa shape index (κ3) is 1.62. The van der Waals surface area contributed by atoms with E-state index >= 15 is 0 Å². The van der Waals surface area contributed by atoms with Gasteiger partial charge in [-0.25, -0.2) is 0 Å². The Labute approximate surface area is 86.7 Å². The molecule has 0 aromatic heterocycles. The summed E-state index contributed by atoms with van der Waals surface area (Å²) >= 11 is 0. The van der Waals surface area contributed by atoms with Crippen LogP contribution in [0.2, 0.25) is 0 Å². The minimum absolute atomic E-state index is 0.0826. The van der Waals surface area contributed by atoms with Gasteiger partial charge in [-0.1, -0.05) is 47.2 Å². The second-order valence-electron chi connectivity index (χ2n) is 4.88. The van der Waals surface area contributed by atoms with Crippen LogP contribution in [0.1, 0.15) is 20.8 Å². The quantitative estimate of drug-likeness (QED) is 0.440. The van der Waals surface area contributed by atoms with Gasteiger partial charge in [0.25, 0.3) is 0 Å². The smallest absolute Gasteiger partial charge is 0.170 e. The highest BCUT2D eigenvalue weighted by molar-refractivity contribution is 7.43. The first-order valence-corrected chi connectivity index (χ1v) is 5.93. The molecule has 3 aliphatic rings. The van der Waals surface area contributed by atoms with E-state index < -0.39 is 0 Å². The molecule has 3 rings (SSSR count). The minimum Gasteiger partial charge on any atom is -0.293 e. The predicted molar refractivity (Wildman–Crippen MR) is 61.9 cm³/mol. The van der Waals surface area contributed by atoms with Crippen molar-refractivity contribution in [1.29, 1.82) is 0 Å². The summed E-state index contributed by atoms with van der Waals surface area (Å²) in [6, 6.07) is 0. The third-order valence-electron chi connectivity index (χ3n) is 2.62. The Morgan fingerprint density at radius 1 is 1.21 bits per heavy atom. The zero-order chi connectivity index (χ0) is 10.3. The average molecular weight is 206 g/mol. The van der Waals surface area contributed by atoms with Gasteiger partial charge in [-0.3, -0.25) is 4.79 Å². The molecular formula is C12H15OP. The van der Waals surface area contributed by atoms with Gasteiger partial charge in [0.15, 0.2) is 5.78 Å². The van der Waals surface area contributed by atoms with Crippen LogP contribution in [-0.4, -0.2) is 16.7 Å². The molecule has 14 heavy (non-hydrogen) atoms. The van der Waals surface area contributed by atoms with Gasteiger partial charge in [-0.2, -0.15) is 0 Å². The summed E-state index contributed by atoms with van der Waals surface area (Å²) in [5.74, 6) is 0.629. The fraction of sp³-hybridized carbons (Fsp3) is 0.500. The number of fused-ring (bicyclic) bond motifs is 1. The fourth-order valence-corrected chi connectivity index (χ4v) is 3.33. The van der Waals surface area contributed by atoms with Gasteiger partial charge in [0, 0.05) is 5.92 Å². The zero-order valence-corrected chi connectivity index (χ0v) is 9.71. The predicted octanol–water partition coefficient (Wildman–Crippen LogP) is 2.84. The topological polar surface area (TPSA) is 17.1 Å².